The van der Waals surface area contributed by atoms with Gasteiger partial charge in [-0.15, -0.1) is 0 Å². The van der Waals surface area contributed by atoms with Crippen molar-refractivity contribution in [1.82, 2.24) is 19.1 Å². The van der Waals surface area contributed by atoms with Gasteiger partial charge in [-0.3, -0.25) is 0 Å². The molecule has 0 aliphatic heterocycles. The zero-order chi connectivity index (χ0) is 24.0. The second kappa shape index (κ2) is 6.92. The Kier molecular flexibility index (Phi) is 3.77. The minimum Gasteiger partial charge on any atom is -0.327 e. The minimum absolute atomic E-state index is 0.990. The number of hydrogen-bond donors (Lipinski definition) is 0. The monoisotopic (exact) mass is 462 g/mol. The highest BCUT2D eigenvalue weighted by molar-refractivity contribution is 6.27. The van der Waals surface area contributed by atoms with E-state index in [4.69, 9.17) is 9.97 Å². The zero-order valence-corrected chi connectivity index (χ0v) is 20.0. The van der Waals surface area contributed by atoms with Crippen molar-refractivity contribution in [2.45, 2.75) is 0 Å². The van der Waals surface area contributed by atoms with E-state index in [2.05, 4.69) is 108 Å². The summed E-state index contributed by atoms with van der Waals surface area (Å²) < 4.78 is 4.40. The molecule has 0 atom stereocenters. The Morgan fingerprint density at radius 2 is 0.889 bits per heavy atom. The number of nitrogens with zero attached hydrogens (tertiary/aromatic N) is 4. The molecule has 4 heteroatoms. The van der Waals surface area contributed by atoms with Crippen molar-refractivity contribution in [2.24, 2.45) is 14.1 Å². The zero-order valence-electron chi connectivity index (χ0n) is 20.0. The van der Waals surface area contributed by atoms with E-state index in [1.54, 1.807) is 0 Å². The lowest BCUT2D eigenvalue weighted by atomic mass is 9.89. The Hall–Kier alpha value is -4.70. The number of fused-ring (bicyclic) bond motifs is 2. The number of aromatic nitrogens is 4. The standard InChI is InChI=1S/C32H22N4/c1-35-27-9-5-3-7-25(27)33-31(35)23-17-13-19-12-16-22-24(18-14-20-11-15-21(23)29(19)30(20)22)32-34-26-8-4-6-10-28(26)36(32)2/h3-18H,1-2H3. The van der Waals surface area contributed by atoms with Gasteiger partial charge in [-0.05, 0) is 56.6 Å². The quantitative estimate of drug-likeness (QED) is 0.247. The van der Waals surface area contributed by atoms with Gasteiger partial charge in [0.15, 0.2) is 0 Å². The largest absolute Gasteiger partial charge is 0.327 e. The fraction of sp³-hybridized carbons (Fsp3) is 0.0625. The van der Waals surface area contributed by atoms with E-state index in [0.29, 0.717) is 0 Å². The van der Waals surface area contributed by atoms with Crippen LogP contribution in [0.4, 0.5) is 0 Å². The predicted octanol–water partition coefficient (Wildman–Crippen LogP) is 7.69. The summed E-state index contributed by atoms with van der Waals surface area (Å²) in [5, 5.41) is 7.52. The Labute approximate surface area is 207 Å². The molecule has 0 amide bonds. The van der Waals surface area contributed by atoms with Crippen LogP contribution in [0.5, 0.6) is 0 Å². The molecule has 0 bridgehead atoms. The molecule has 6 aromatic carbocycles. The molecule has 0 saturated carbocycles. The third-order valence-corrected chi connectivity index (χ3v) is 7.72. The fourth-order valence-electron chi connectivity index (χ4n) is 5.96. The first kappa shape index (κ1) is 19.6. The SMILES string of the molecule is Cn1c(-c2ccc3ccc4c(-c5nc6ccccc6n5C)ccc5ccc2c3c54)nc2ccccc21. The van der Waals surface area contributed by atoms with Crippen molar-refractivity contribution in [1.29, 1.82) is 0 Å². The molecular weight excluding hydrogens is 440 g/mol. The summed E-state index contributed by atoms with van der Waals surface area (Å²) in [5.74, 6) is 1.98. The molecule has 0 aliphatic rings. The van der Waals surface area contributed by atoms with Gasteiger partial charge in [-0.25, -0.2) is 9.97 Å². The molecule has 8 aromatic rings. The van der Waals surface area contributed by atoms with Crippen LogP contribution in [0, 0.1) is 0 Å². The van der Waals surface area contributed by atoms with E-state index in [1.807, 2.05) is 12.1 Å². The lowest BCUT2D eigenvalue weighted by Crippen LogP contribution is -1.96. The number of benzene rings is 6. The first-order valence-corrected chi connectivity index (χ1v) is 12.2. The van der Waals surface area contributed by atoms with Gasteiger partial charge in [0.05, 0.1) is 22.1 Å². The lowest BCUT2D eigenvalue weighted by molar-refractivity contribution is 0.961. The van der Waals surface area contributed by atoms with Crippen LogP contribution in [-0.4, -0.2) is 19.1 Å². The molecule has 170 valence electrons. The number of aryl methyl sites for hydroxylation is 2. The van der Waals surface area contributed by atoms with Gasteiger partial charge in [-0.2, -0.15) is 0 Å². The van der Waals surface area contributed by atoms with Gasteiger partial charge in [0.25, 0.3) is 0 Å². The van der Waals surface area contributed by atoms with E-state index in [0.717, 1.165) is 44.8 Å². The number of imidazole rings is 2. The third kappa shape index (κ3) is 2.48. The van der Waals surface area contributed by atoms with Crippen molar-refractivity contribution in [3.05, 3.63) is 97.1 Å². The highest BCUT2D eigenvalue weighted by Crippen LogP contribution is 2.42. The van der Waals surface area contributed by atoms with Crippen LogP contribution in [-0.2, 0) is 14.1 Å². The minimum atomic E-state index is 0.990. The molecule has 2 aromatic heterocycles. The summed E-state index contributed by atoms with van der Waals surface area (Å²) in [5.41, 5.74) is 6.63. The summed E-state index contributed by atoms with van der Waals surface area (Å²) in [7, 11) is 4.21. The number of hydrogen-bond acceptors (Lipinski definition) is 2. The van der Waals surface area contributed by atoms with E-state index in [9.17, 15) is 0 Å². The van der Waals surface area contributed by atoms with Gasteiger partial charge < -0.3 is 9.13 Å². The first-order chi connectivity index (χ1) is 17.7. The summed E-state index contributed by atoms with van der Waals surface area (Å²) in [6.07, 6.45) is 0. The van der Waals surface area contributed by atoms with Crippen molar-refractivity contribution in [2.75, 3.05) is 0 Å². The van der Waals surface area contributed by atoms with Crippen LogP contribution in [0.3, 0.4) is 0 Å². The molecule has 0 radical (unpaired) electrons. The van der Waals surface area contributed by atoms with Crippen LogP contribution >= 0.6 is 0 Å². The highest BCUT2D eigenvalue weighted by Gasteiger charge is 2.19. The Morgan fingerprint density at radius 3 is 1.33 bits per heavy atom. The maximum Gasteiger partial charge on any atom is 0.141 e. The molecule has 0 fully saturated rings. The van der Waals surface area contributed by atoms with Gasteiger partial charge in [0.1, 0.15) is 11.6 Å². The third-order valence-electron chi connectivity index (χ3n) is 7.72. The molecule has 36 heavy (non-hydrogen) atoms. The van der Waals surface area contributed by atoms with Gasteiger partial charge in [-0.1, -0.05) is 72.8 Å². The Bertz CT molecular complexity index is 1970. The average molecular weight is 463 g/mol. The maximum absolute atomic E-state index is 5.02. The molecular formula is C32H22N4. The molecule has 2 heterocycles. The summed E-state index contributed by atoms with van der Waals surface area (Å²) in [6.45, 7) is 0. The summed E-state index contributed by atoms with van der Waals surface area (Å²) in [4.78, 5) is 10.0. The molecule has 0 unspecified atom stereocenters. The van der Waals surface area contributed by atoms with E-state index in [-0.39, 0.29) is 0 Å². The number of rotatable bonds is 2. The van der Waals surface area contributed by atoms with Gasteiger partial charge >= 0.3 is 0 Å². The molecule has 0 saturated heterocycles. The predicted molar refractivity (Wildman–Crippen MR) is 150 cm³/mol. The second-order valence-electron chi connectivity index (χ2n) is 9.62. The van der Waals surface area contributed by atoms with Crippen LogP contribution in [0.15, 0.2) is 97.1 Å². The Morgan fingerprint density at radius 1 is 0.472 bits per heavy atom. The van der Waals surface area contributed by atoms with Crippen molar-refractivity contribution < 1.29 is 0 Å². The lowest BCUT2D eigenvalue weighted by Gasteiger charge is -2.16. The molecule has 4 nitrogen and oxygen atoms in total. The normalized spacial score (nSPS) is 12.2. The van der Waals surface area contributed by atoms with E-state index < -0.39 is 0 Å². The van der Waals surface area contributed by atoms with Crippen LogP contribution in [0.25, 0.3) is 77.2 Å². The van der Waals surface area contributed by atoms with E-state index in [1.165, 1.54) is 32.3 Å². The molecule has 0 N–H and O–H groups in total. The van der Waals surface area contributed by atoms with Crippen LogP contribution in [0.1, 0.15) is 0 Å². The highest BCUT2D eigenvalue weighted by atomic mass is 15.1. The fourth-order valence-corrected chi connectivity index (χ4v) is 5.96. The summed E-state index contributed by atoms with van der Waals surface area (Å²) in [6, 6.07) is 34.6. The molecule has 0 spiro atoms. The molecule has 8 rings (SSSR count). The van der Waals surface area contributed by atoms with Gasteiger partial charge in [0, 0.05) is 25.2 Å². The van der Waals surface area contributed by atoms with Crippen molar-refractivity contribution in [3.8, 4) is 22.8 Å². The smallest absolute Gasteiger partial charge is 0.141 e. The maximum atomic E-state index is 5.02. The summed E-state index contributed by atoms with van der Waals surface area (Å²) >= 11 is 0. The topological polar surface area (TPSA) is 35.6 Å². The molecule has 0 aliphatic carbocycles. The van der Waals surface area contributed by atoms with E-state index >= 15 is 0 Å². The van der Waals surface area contributed by atoms with Crippen molar-refractivity contribution in [3.63, 3.8) is 0 Å². The van der Waals surface area contributed by atoms with Gasteiger partial charge in [0.2, 0.25) is 0 Å². The average Bonchev–Trinajstić information content (AvgIpc) is 3.44. The second-order valence-corrected chi connectivity index (χ2v) is 9.62. The Balaban J connectivity index is 1.47. The number of para-hydroxylation sites is 4. The first-order valence-electron chi connectivity index (χ1n) is 12.2. The van der Waals surface area contributed by atoms with Crippen LogP contribution in [0.2, 0.25) is 0 Å². The van der Waals surface area contributed by atoms with Crippen LogP contribution < -0.4 is 0 Å². The van der Waals surface area contributed by atoms with Crippen molar-refractivity contribution >= 4 is 54.4 Å².